The lowest BCUT2D eigenvalue weighted by molar-refractivity contribution is -0.137. The number of fused-ring (bicyclic) bond motifs is 1. The Kier molecular flexibility index (Phi) is 4.02. The molecule has 0 saturated carbocycles. The van der Waals surface area contributed by atoms with Crippen LogP contribution in [0.1, 0.15) is 18.1 Å². The largest absolute Gasteiger partial charge is 0.507 e. The monoisotopic (exact) mass is 267 g/mol. The fourth-order valence-corrected chi connectivity index (χ4v) is 1.93. The van der Waals surface area contributed by atoms with Crippen molar-refractivity contribution in [2.24, 2.45) is 0 Å². The van der Waals surface area contributed by atoms with E-state index in [-0.39, 0.29) is 5.75 Å². The number of carbonyl (C=O) groups is 1. The van der Waals surface area contributed by atoms with Crippen LogP contribution in [-0.2, 0) is 9.53 Å². The molecule has 4 nitrogen and oxygen atoms in total. The predicted molar refractivity (Wildman–Crippen MR) is 76.0 cm³/mol. The van der Waals surface area contributed by atoms with Crippen LogP contribution in [0.3, 0.4) is 0 Å². The molecule has 0 aromatic heterocycles. The van der Waals surface area contributed by atoms with Gasteiger partial charge >= 0.3 is 5.97 Å². The van der Waals surface area contributed by atoms with Gasteiger partial charge in [0.2, 0.25) is 0 Å². The zero-order valence-corrected chi connectivity index (χ0v) is 11.0. The normalized spacial score (nSPS) is 10.6. The van der Waals surface area contributed by atoms with Gasteiger partial charge in [-0.3, -0.25) is 0 Å². The summed E-state index contributed by atoms with van der Waals surface area (Å²) in [4.78, 5) is 11.3. The quantitative estimate of drug-likeness (QED) is 0.685. The number of aromatic hydroxyl groups is 1. The van der Waals surface area contributed by atoms with Crippen LogP contribution in [0.25, 0.3) is 16.8 Å². The van der Waals surface area contributed by atoms with Crippen LogP contribution in [0.15, 0.2) is 36.4 Å². The molecule has 0 aliphatic heterocycles. The number of rotatable bonds is 3. The molecule has 0 aliphatic carbocycles. The number of carbonyl (C=O) groups excluding carboxylic acids is 1. The van der Waals surface area contributed by atoms with E-state index in [2.05, 4.69) is 6.07 Å². The van der Waals surface area contributed by atoms with Gasteiger partial charge in [0.1, 0.15) is 5.75 Å². The second-order valence-electron chi connectivity index (χ2n) is 4.13. The number of nitrogens with zero attached hydrogens (tertiary/aromatic N) is 1. The molecule has 0 unspecified atom stereocenters. The SMILES string of the molecule is CCOC(=O)C=Cc1c(O)ccc2cc(C#N)ccc12. The molecule has 0 spiro atoms. The van der Waals surface area contributed by atoms with Crippen LogP contribution < -0.4 is 0 Å². The van der Waals surface area contributed by atoms with Gasteiger partial charge in [-0.2, -0.15) is 5.26 Å². The topological polar surface area (TPSA) is 70.3 Å². The van der Waals surface area contributed by atoms with E-state index in [0.29, 0.717) is 17.7 Å². The van der Waals surface area contributed by atoms with E-state index in [1.54, 1.807) is 31.2 Å². The third-order valence-electron chi connectivity index (χ3n) is 2.84. The Morgan fingerprint density at radius 2 is 2.20 bits per heavy atom. The number of esters is 1. The Bertz CT molecular complexity index is 726. The van der Waals surface area contributed by atoms with Crippen molar-refractivity contribution >= 4 is 22.8 Å². The van der Waals surface area contributed by atoms with Crippen molar-refractivity contribution in [2.45, 2.75) is 6.92 Å². The number of phenols is 1. The van der Waals surface area contributed by atoms with Crippen LogP contribution in [0.5, 0.6) is 5.75 Å². The van der Waals surface area contributed by atoms with Gasteiger partial charge in [-0.15, -0.1) is 0 Å². The molecule has 0 radical (unpaired) electrons. The number of benzene rings is 2. The van der Waals surface area contributed by atoms with Gasteiger partial charge in [0, 0.05) is 11.6 Å². The highest BCUT2D eigenvalue weighted by Gasteiger charge is 2.06. The van der Waals surface area contributed by atoms with Crippen molar-refractivity contribution in [2.75, 3.05) is 6.61 Å². The van der Waals surface area contributed by atoms with Gasteiger partial charge in [-0.25, -0.2) is 4.79 Å². The van der Waals surface area contributed by atoms with E-state index < -0.39 is 5.97 Å². The lowest BCUT2D eigenvalue weighted by atomic mass is 10.0. The Morgan fingerprint density at radius 1 is 1.40 bits per heavy atom. The van der Waals surface area contributed by atoms with Crippen molar-refractivity contribution in [3.05, 3.63) is 47.5 Å². The smallest absolute Gasteiger partial charge is 0.330 e. The summed E-state index contributed by atoms with van der Waals surface area (Å²) in [7, 11) is 0. The maximum atomic E-state index is 11.3. The second-order valence-corrected chi connectivity index (χ2v) is 4.13. The van der Waals surface area contributed by atoms with E-state index in [1.807, 2.05) is 0 Å². The van der Waals surface area contributed by atoms with Crippen molar-refractivity contribution < 1.29 is 14.6 Å². The van der Waals surface area contributed by atoms with E-state index in [1.165, 1.54) is 18.2 Å². The third kappa shape index (κ3) is 2.78. The summed E-state index contributed by atoms with van der Waals surface area (Å²) in [5, 5.41) is 20.4. The molecule has 2 aromatic rings. The first-order chi connectivity index (χ1) is 9.65. The molecule has 0 saturated heterocycles. The van der Waals surface area contributed by atoms with Gasteiger partial charge in [-0.05, 0) is 42.0 Å². The molecule has 2 aromatic carbocycles. The molecule has 0 aliphatic rings. The molecule has 0 fully saturated rings. The lowest BCUT2D eigenvalue weighted by Gasteiger charge is -2.05. The summed E-state index contributed by atoms with van der Waals surface area (Å²) >= 11 is 0. The van der Waals surface area contributed by atoms with Gasteiger partial charge < -0.3 is 9.84 Å². The first-order valence-corrected chi connectivity index (χ1v) is 6.16. The van der Waals surface area contributed by atoms with Crippen LogP contribution in [0.2, 0.25) is 0 Å². The van der Waals surface area contributed by atoms with Crippen LogP contribution in [0.4, 0.5) is 0 Å². The predicted octanol–water partition coefficient (Wildman–Crippen LogP) is 2.99. The van der Waals surface area contributed by atoms with Crippen LogP contribution in [-0.4, -0.2) is 17.7 Å². The molecule has 4 heteroatoms. The average Bonchev–Trinajstić information content (AvgIpc) is 2.46. The molecule has 20 heavy (non-hydrogen) atoms. The fourth-order valence-electron chi connectivity index (χ4n) is 1.93. The number of ether oxygens (including phenoxy) is 1. The van der Waals surface area contributed by atoms with Gasteiger partial charge in [0.25, 0.3) is 0 Å². The highest BCUT2D eigenvalue weighted by molar-refractivity contribution is 5.97. The number of hydrogen-bond donors (Lipinski definition) is 1. The number of nitriles is 1. The molecular weight excluding hydrogens is 254 g/mol. The van der Waals surface area contributed by atoms with Crippen molar-refractivity contribution in [3.8, 4) is 11.8 Å². The first-order valence-electron chi connectivity index (χ1n) is 6.16. The Hall–Kier alpha value is -2.80. The minimum absolute atomic E-state index is 0.0720. The highest BCUT2D eigenvalue weighted by Crippen LogP contribution is 2.29. The van der Waals surface area contributed by atoms with Gasteiger partial charge in [-0.1, -0.05) is 12.1 Å². The molecule has 1 N–H and O–H groups in total. The summed E-state index contributed by atoms with van der Waals surface area (Å²) in [6.07, 6.45) is 2.79. The maximum Gasteiger partial charge on any atom is 0.330 e. The summed E-state index contributed by atoms with van der Waals surface area (Å²) in [6, 6.07) is 10.5. The Balaban J connectivity index is 2.49. The van der Waals surface area contributed by atoms with E-state index >= 15 is 0 Å². The first kappa shape index (κ1) is 13.6. The summed E-state index contributed by atoms with van der Waals surface area (Å²) in [5.74, 6) is -0.389. The zero-order valence-electron chi connectivity index (χ0n) is 11.0. The second kappa shape index (κ2) is 5.89. The molecule has 0 bridgehead atoms. The minimum atomic E-state index is -0.461. The zero-order chi connectivity index (χ0) is 14.5. The van der Waals surface area contributed by atoms with E-state index in [0.717, 1.165) is 10.8 Å². The molecule has 2 rings (SSSR count). The number of phenolic OH excluding ortho intramolecular Hbond substituents is 1. The maximum absolute atomic E-state index is 11.3. The number of hydrogen-bond acceptors (Lipinski definition) is 4. The molecular formula is C16H13NO3. The van der Waals surface area contributed by atoms with E-state index in [4.69, 9.17) is 10.00 Å². The fraction of sp³-hybridized carbons (Fsp3) is 0.125. The van der Waals surface area contributed by atoms with Gasteiger partial charge in [0.15, 0.2) is 0 Å². The molecule has 0 atom stereocenters. The van der Waals surface area contributed by atoms with Gasteiger partial charge in [0.05, 0.1) is 18.2 Å². The Morgan fingerprint density at radius 3 is 2.90 bits per heavy atom. The average molecular weight is 267 g/mol. The van der Waals surface area contributed by atoms with Crippen molar-refractivity contribution in [3.63, 3.8) is 0 Å². The lowest BCUT2D eigenvalue weighted by Crippen LogP contribution is -1.98. The Labute approximate surface area is 116 Å². The van der Waals surface area contributed by atoms with Crippen molar-refractivity contribution in [1.29, 1.82) is 5.26 Å². The van der Waals surface area contributed by atoms with Crippen LogP contribution in [0, 0.1) is 11.3 Å². The standard InChI is InChI=1S/C16H13NO3/c1-2-20-16(19)8-6-14-13-5-3-11(10-17)9-12(13)4-7-15(14)18/h3-9,18H,2H2,1H3. The third-order valence-corrected chi connectivity index (χ3v) is 2.84. The molecule has 0 heterocycles. The summed E-state index contributed by atoms with van der Waals surface area (Å²) in [6.45, 7) is 2.03. The summed E-state index contributed by atoms with van der Waals surface area (Å²) in [5.41, 5.74) is 1.07. The highest BCUT2D eigenvalue weighted by atomic mass is 16.5. The molecule has 0 amide bonds. The van der Waals surface area contributed by atoms with Crippen molar-refractivity contribution in [1.82, 2.24) is 0 Å². The summed E-state index contributed by atoms with van der Waals surface area (Å²) < 4.78 is 4.80. The minimum Gasteiger partial charge on any atom is -0.507 e. The van der Waals surface area contributed by atoms with E-state index in [9.17, 15) is 9.90 Å². The van der Waals surface area contributed by atoms with Crippen LogP contribution >= 0.6 is 0 Å². The molecule has 100 valence electrons.